The van der Waals surface area contributed by atoms with Gasteiger partial charge in [-0.2, -0.15) is 0 Å². The number of hydrogen-bond acceptors (Lipinski definition) is 6. The molecule has 24 heavy (non-hydrogen) atoms. The molecule has 0 atom stereocenters. The molecule has 0 saturated heterocycles. The molecule has 0 aliphatic heterocycles. The van der Waals surface area contributed by atoms with Crippen LogP contribution in [-0.2, 0) is 10.0 Å². The van der Waals surface area contributed by atoms with Crippen molar-refractivity contribution in [3.8, 4) is 0 Å². The standard InChI is InChI=1S/C16H17N3O2S3/c1-2-3-10-22-16-18-17-15(23-16)19-24(20,21)14-9-8-12-6-4-5-7-13(12)11-14/h4-9,11H,2-3,10H2,1H3,(H,17,19). The highest BCUT2D eigenvalue weighted by Gasteiger charge is 2.17. The van der Waals surface area contributed by atoms with Gasteiger partial charge in [-0.3, -0.25) is 4.72 Å². The minimum atomic E-state index is -3.67. The molecule has 5 nitrogen and oxygen atoms in total. The molecule has 3 rings (SSSR count). The summed E-state index contributed by atoms with van der Waals surface area (Å²) in [6.45, 7) is 2.13. The summed E-state index contributed by atoms with van der Waals surface area (Å²) in [5, 5.41) is 10.1. The van der Waals surface area contributed by atoms with Crippen molar-refractivity contribution in [2.24, 2.45) is 0 Å². The highest BCUT2D eigenvalue weighted by Crippen LogP contribution is 2.28. The second-order valence-corrected chi connectivity index (χ2v) is 9.19. The fraction of sp³-hybridized carbons (Fsp3) is 0.250. The molecule has 1 N–H and O–H groups in total. The molecular weight excluding hydrogens is 362 g/mol. The van der Waals surface area contributed by atoms with Gasteiger partial charge in [-0.1, -0.05) is 66.8 Å². The summed E-state index contributed by atoms with van der Waals surface area (Å²) in [4.78, 5) is 0.219. The molecule has 0 radical (unpaired) electrons. The van der Waals surface area contributed by atoms with Crippen molar-refractivity contribution in [2.45, 2.75) is 29.0 Å². The molecule has 0 aliphatic carbocycles. The van der Waals surface area contributed by atoms with Crippen LogP contribution in [0, 0.1) is 0 Å². The Morgan fingerprint density at radius 3 is 2.71 bits per heavy atom. The normalized spacial score (nSPS) is 11.7. The molecule has 2 aromatic carbocycles. The van der Waals surface area contributed by atoms with Gasteiger partial charge in [0.15, 0.2) is 4.34 Å². The van der Waals surface area contributed by atoms with Gasteiger partial charge in [-0.05, 0) is 29.3 Å². The molecule has 8 heteroatoms. The Morgan fingerprint density at radius 2 is 1.92 bits per heavy atom. The second-order valence-electron chi connectivity index (χ2n) is 5.19. The van der Waals surface area contributed by atoms with Gasteiger partial charge in [-0.25, -0.2) is 8.42 Å². The predicted octanol–water partition coefficient (Wildman–Crippen LogP) is 4.38. The summed E-state index contributed by atoms with van der Waals surface area (Å²) in [5.74, 6) is 0.961. The van der Waals surface area contributed by atoms with E-state index in [4.69, 9.17) is 0 Å². The Labute approximate surface area is 149 Å². The Bertz CT molecular complexity index is 938. The first-order chi connectivity index (χ1) is 11.6. The molecule has 126 valence electrons. The van der Waals surface area contributed by atoms with Crippen molar-refractivity contribution < 1.29 is 8.42 Å². The highest BCUT2D eigenvalue weighted by atomic mass is 32.2. The van der Waals surface area contributed by atoms with Gasteiger partial charge in [0, 0.05) is 5.75 Å². The lowest BCUT2D eigenvalue weighted by molar-refractivity contribution is 0.601. The molecule has 0 spiro atoms. The first-order valence-electron chi connectivity index (χ1n) is 7.56. The summed E-state index contributed by atoms with van der Waals surface area (Å²) in [6.07, 6.45) is 2.22. The number of anilines is 1. The van der Waals surface area contributed by atoms with Crippen LogP contribution in [-0.4, -0.2) is 24.4 Å². The van der Waals surface area contributed by atoms with Crippen molar-refractivity contribution in [2.75, 3.05) is 10.5 Å². The minimum Gasteiger partial charge on any atom is -0.253 e. The first-order valence-corrected chi connectivity index (χ1v) is 10.8. The third-order valence-corrected chi connectivity index (χ3v) is 6.91. The van der Waals surface area contributed by atoms with Crippen LogP contribution in [0.2, 0.25) is 0 Å². The third-order valence-electron chi connectivity index (χ3n) is 3.38. The number of thioether (sulfide) groups is 1. The number of hydrogen-bond donors (Lipinski definition) is 1. The van der Waals surface area contributed by atoms with E-state index in [1.165, 1.54) is 11.3 Å². The monoisotopic (exact) mass is 379 g/mol. The van der Waals surface area contributed by atoms with Crippen LogP contribution in [0.3, 0.4) is 0 Å². The molecule has 1 aromatic heterocycles. The molecule has 0 saturated carbocycles. The zero-order valence-electron chi connectivity index (χ0n) is 13.1. The molecule has 0 aliphatic rings. The van der Waals surface area contributed by atoms with Crippen LogP contribution in [0.4, 0.5) is 5.13 Å². The van der Waals surface area contributed by atoms with Crippen molar-refractivity contribution in [3.63, 3.8) is 0 Å². The van der Waals surface area contributed by atoms with Crippen molar-refractivity contribution in [1.29, 1.82) is 0 Å². The summed E-state index contributed by atoms with van der Waals surface area (Å²) >= 11 is 2.86. The maximum Gasteiger partial charge on any atom is 0.263 e. The molecule has 3 aromatic rings. The van der Waals surface area contributed by atoms with E-state index in [2.05, 4.69) is 21.8 Å². The van der Waals surface area contributed by atoms with Gasteiger partial charge in [0.25, 0.3) is 10.0 Å². The number of benzene rings is 2. The summed E-state index contributed by atoms with van der Waals surface area (Å²) in [7, 11) is -3.67. The van der Waals surface area contributed by atoms with E-state index in [9.17, 15) is 8.42 Å². The first kappa shape index (κ1) is 17.2. The minimum absolute atomic E-state index is 0.219. The van der Waals surface area contributed by atoms with Crippen LogP contribution >= 0.6 is 23.1 Å². The number of unbranched alkanes of at least 4 members (excludes halogenated alkanes) is 1. The van der Waals surface area contributed by atoms with E-state index in [0.717, 1.165) is 33.7 Å². The zero-order valence-corrected chi connectivity index (χ0v) is 15.5. The van der Waals surface area contributed by atoms with E-state index in [1.54, 1.807) is 30.0 Å². The van der Waals surface area contributed by atoms with Crippen molar-refractivity contribution in [3.05, 3.63) is 42.5 Å². The van der Waals surface area contributed by atoms with Gasteiger partial charge >= 0.3 is 0 Å². The van der Waals surface area contributed by atoms with Crippen LogP contribution in [0.25, 0.3) is 10.8 Å². The fourth-order valence-corrected chi connectivity index (χ4v) is 5.29. The number of sulfonamides is 1. The molecular formula is C16H17N3O2S3. The number of nitrogens with zero attached hydrogens (tertiary/aromatic N) is 2. The Balaban J connectivity index is 1.77. The lowest BCUT2D eigenvalue weighted by atomic mass is 10.1. The lowest BCUT2D eigenvalue weighted by Crippen LogP contribution is -2.12. The summed E-state index contributed by atoms with van der Waals surface area (Å²) in [6, 6.07) is 12.7. The summed E-state index contributed by atoms with van der Waals surface area (Å²) < 4.78 is 28.4. The molecule has 1 heterocycles. The van der Waals surface area contributed by atoms with Crippen molar-refractivity contribution in [1.82, 2.24) is 10.2 Å². The molecule has 0 amide bonds. The van der Waals surface area contributed by atoms with Crippen LogP contribution in [0.15, 0.2) is 51.7 Å². The van der Waals surface area contributed by atoms with Gasteiger partial charge in [0.1, 0.15) is 0 Å². The molecule has 0 bridgehead atoms. The third kappa shape index (κ3) is 4.06. The van der Waals surface area contributed by atoms with E-state index in [-0.39, 0.29) is 4.90 Å². The Morgan fingerprint density at radius 1 is 1.12 bits per heavy atom. The van der Waals surface area contributed by atoms with Gasteiger partial charge < -0.3 is 0 Å². The topological polar surface area (TPSA) is 72.0 Å². The maximum atomic E-state index is 12.5. The number of nitrogens with one attached hydrogen (secondary N) is 1. The van der Waals surface area contributed by atoms with E-state index in [0.29, 0.717) is 5.13 Å². The Kier molecular flexibility index (Phi) is 5.37. The quantitative estimate of drug-likeness (QED) is 0.487. The average Bonchev–Trinajstić information content (AvgIpc) is 3.01. The predicted molar refractivity (Wildman–Crippen MR) is 100 cm³/mol. The van der Waals surface area contributed by atoms with Crippen LogP contribution in [0.1, 0.15) is 19.8 Å². The van der Waals surface area contributed by atoms with Gasteiger partial charge in [-0.15, -0.1) is 10.2 Å². The zero-order chi connectivity index (χ0) is 17.0. The molecule has 0 unspecified atom stereocenters. The average molecular weight is 380 g/mol. The number of rotatable bonds is 7. The van der Waals surface area contributed by atoms with E-state index in [1.807, 2.05) is 24.3 Å². The van der Waals surface area contributed by atoms with Crippen LogP contribution in [0.5, 0.6) is 0 Å². The summed E-state index contributed by atoms with van der Waals surface area (Å²) in [5.41, 5.74) is 0. The molecule has 0 fully saturated rings. The van der Waals surface area contributed by atoms with E-state index >= 15 is 0 Å². The van der Waals surface area contributed by atoms with Crippen molar-refractivity contribution >= 4 is 49.0 Å². The van der Waals surface area contributed by atoms with Crippen LogP contribution < -0.4 is 4.72 Å². The number of fused-ring (bicyclic) bond motifs is 1. The smallest absolute Gasteiger partial charge is 0.253 e. The SMILES string of the molecule is CCCCSc1nnc(NS(=O)(=O)c2ccc3ccccc3c2)s1. The number of aromatic nitrogens is 2. The van der Waals surface area contributed by atoms with Gasteiger partial charge in [0.2, 0.25) is 5.13 Å². The Hall–Kier alpha value is -1.64. The van der Waals surface area contributed by atoms with E-state index < -0.39 is 10.0 Å². The highest BCUT2D eigenvalue weighted by molar-refractivity contribution is 8.01. The maximum absolute atomic E-state index is 12.5. The second kappa shape index (κ2) is 7.50. The van der Waals surface area contributed by atoms with Gasteiger partial charge in [0.05, 0.1) is 4.90 Å². The largest absolute Gasteiger partial charge is 0.263 e. The lowest BCUT2D eigenvalue weighted by Gasteiger charge is -2.06. The fourth-order valence-electron chi connectivity index (χ4n) is 2.12.